The minimum absolute atomic E-state index is 0.736. The first-order chi connectivity index (χ1) is 12.3. The van der Waals surface area contributed by atoms with Crippen LogP contribution in [0.3, 0.4) is 0 Å². The molecule has 0 spiro atoms. The number of thiazole rings is 1. The summed E-state index contributed by atoms with van der Waals surface area (Å²) in [7, 11) is 0. The standard InChI is InChI=1S/C21H15ClN2S/c22-17-13-11-16(12-14-17)20-15-25-21(23-18-7-3-1-4-8-18)24(20)19-9-5-2-6-10-19/h1-15H. The van der Waals surface area contributed by atoms with Crippen molar-refractivity contribution in [2.75, 3.05) is 0 Å². The molecule has 3 aromatic carbocycles. The van der Waals surface area contributed by atoms with Crippen LogP contribution in [-0.4, -0.2) is 4.57 Å². The van der Waals surface area contributed by atoms with Gasteiger partial charge in [-0.2, -0.15) is 0 Å². The van der Waals surface area contributed by atoms with Crippen molar-refractivity contribution in [3.8, 4) is 16.9 Å². The van der Waals surface area contributed by atoms with Crippen LogP contribution in [0.15, 0.2) is 95.3 Å². The number of rotatable bonds is 3. The number of hydrogen-bond donors (Lipinski definition) is 0. The van der Waals surface area contributed by atoms with Crippen molar-refractivity contribution in [1.29, 1.82) is 0 Å². The highest BCUT2D eigenvalue weighted by molar-refractivity contribution is 7.07. The Morgan fingerprint density at radius 3 is 2.08 bits per heavy atom. The van der Waals surface area contributed by atoms with E-state index in [-0.39, 0.29) is 0 Å². The molecule has 0 atom stereocenters. The Morgan fingerprint density at radius 1 is 0.760 bits per heavy atom. The predicted octanol–water partition coefficient (Wildman–Crippen LogP) is 6.09. The summed E-state index contributed by atoms with van der Waals surface area (Å²) in [6, 6.07) is 28.2. The summed E-state index contributed by atoms with van der Waals surface area (Å²) in [5, 5.41) is 2.87. The monoisotopic (exact) mass is 362 g/mol. The molecule has 4 rings (SSSR count). The van der Waals surface area contributed by atoms with E-state index >= 15 is 0 Å². The number of benzene rings is 3. The van der Waals surface area contributed by atoms with Gasteiger partial charge in [-0.1, -0.05) is 60.1 Å². The zero-order valence-electron chi connectivity index (χ0n) is 13.3. The highest BCUT2D eigenvalue weighted by Crippen LogP contribution is 2.25. The second kappa shape index (κ2) is 7.09. The number of hydrogen-bond acceptors (Lipinski definition) is 2. The molecule has 0 amide bonds. The van der Waals surface area contributed by atoms with Crippen LogP contribution in [0.2, 0.25) is 5.02 Å². The van der Waals surface area contributed by atoms with Crippen LogP contribution in [0.25, 0.3) is 16.9 Å². The fraction of sp³-hybridized carbons (Fsp3) is 0. The summed E-state index contributed by atoms with van der Waals surface area (Å²) in [4.78, 5) is 5.77. The van der Waals surface area contributed by atoms with Crippen molar-refractivity contribution in [3.05, 3.63) is 100 Å². The van der Waals surface area contributed by atoms with Gasteiger partial charge in [-0.15, -0.1) is 11.3 Å². The van der Waals surface area contributed by atoms with Gasteiger partial charge in [-0.05, 0) is 42.0 Å². The largest absolute Gasteiger partial charge is 0.285 e. The number of halogens is 1. The number of nitrogens with zero attached hydrogens (tertiary/aromatic N) is 2. The van der Waals surface area contributed by atoms with Crippen molar-refractivity contribution >= 4 is 28.6 Å². The third-order valence-electron chi connectivity index (χ3n) is 3.84. The first-order valence-electron chi connectivity index (χ1n) is 7.93. The van der Waals surface area contributed by atoms with E-state index in [0.717, 1.165) is 32.5 Å². The summed E-state index contributed by atoms with van der Waals surface area (Å²) >= 11 is 7.67. The van der Waals surface area contributed by atoms with Crippen molar-refractivity contribution < 1.29 is 0 Å². The molecule has 0 radical (unpaired) electrons. The summed E-state index contributed by atoms with van der Waals surface area (Å²) in [6.45, 7) is 0. The first-order valence-corrected chi connectivity index (χ1v) is 9.19. The second-order valence-electron chi connectivity index (χ2n) is 5.53. The zero-order chi connectivity index (χ0) is 17.1. The molecule has 0 aliphatic rings. The fourth-order valence-corrected chi connectivity index (χ4v) is 3.70. The Balaban J connectivity index is 1.94. The molecule has 0 fully saturated rings. The van der Waals surface area contributed by atoms with Crippen LogP contribution in [0, 0.1) is 0 Å². The summed E-state index contributed by atoms with van der Waals surface area (Å²) in [6.07, 6.45) is 0. The Bertz CT molecular complexity index is 1030. The molecule has 25 heavy (non-hydrogen) atoms. The quantitative estimate of drug-likeness (QED) is 0.419. The summed E-state index contributed by atoms with van der Waals surface area (Å²) in [5.74, 6) is 0. The third-order valence-corrected chi connectivity index (χ3v) is 4.92. The highest BCUT2D eigenvalue weighted by Gasteiger charge is 2.10. The molecule has 4 heteroatoms. The molecule has 0 saturated heterocycles. The van der Waals surface area contributed by atoms with Gasteiger partial charge in [-0.3, -0.25) is 4.57 Å². The normalized spacial score (nSPS) is 11.6. The van der Waals surface area contributed by atoms with Gasteiger partial charge in [0.15, 0.2) is 4.80 Å². The molecule has 0 saturated carbocycles. The Labute approximate surface area is 155 Å². The van der Waals surface area contributed by atoms with Crippen molar-refractivity contribution in [2.45, 2.75) is 0 Å². The molecule has 0 aliphatic carbocycles. The zero-order valence-corrected chi connectivity index (χ0v) is 14.9. The minimum Gasteiger partial charge on any atom is -0.285 e. The molecular weight excluding hydrogens is 348 g/mol. The van der Waals surface area contributed by atoms with Crippen LogP contribution in [-0.2, 0) is 0 Å². The van der Waals surface area contributed by atoms with Crippen molar-refractivity contribution in [3.63, 3.8) is 0 Å². The highest BCUT2D eigenvalue weighted by atomic mass is 35.5. The lowest BCUT2D eigenvalue weighted by Crippen LogP contribution is -2.13. The van der Waals surface area contributed by atoms with E-state index in [9.17, 15) is 0 Å². The van der Waals surface area contributed by atoms with E-state index in [1.54, 1.807) is 11.3 Å². The number of aromatic nitrogens is 1. The van der Waals surface area contributed by atoms with Gasteiger partial charge in [0, 0.05) is 16.1 Å². The molecule has 122 valence electrons. The second-order valence-corrected chi connectivity index (χ2v) is 6.80. The molecule has 2 nitrogen and oxygen atoms in total. The van der Waals surface area contributed by atoms with E-state index in [4.69, 9.17) is 16.6 Å². The molecule has 0 unspecified atom stereocenters. The molecule has 1 aromatic heterocycles. The molecule has 4 aromatic rings. The van der Waals surface area contributed by atoms with Gasteiger partial charge >= 0.3 is 0 Å². The van der Waals surface area contributed by atoms with E-state index < -0.39 is 0 Å². The van der Waals surface area contributed by atoms with Gasteiger partial charge in [0.1, 0.15) is 0 Å². The topological polar surface area (TPSA) is 17.3 Å². The van der Waals surface area contributed by atoms with Crippen molar-refractivity contribution in [1.82, 2.24) is 4.57 Å². The van der Waals surface area contributed by atoms with Crippen LogP contribution in [0.1, 0.15) is 0 Å². The third kappa shape index (κ3) is 3.43. The molecular formula is C21H15ClN2S. The van der Waals surface area contributed by atoms with Gasteiger partial charge in [-0.25, -0.2) is 4.99 Å². The Morgan fingerprint density at radius 2 is 1.40 bits per heavy atom. The summed E-state index contributed by atoms with van der Waals surface area (Å²) in [5.41, 5.74) is 4.24. The van der Waals surface area contributed by atoms with E-state index in [1.807, 2.05) is 72.8 Å². The van der Waals surface area contributed by atoms with Crippen LogP contribution >= 0.6 is 22.9 Å². The maximum atomic E-state index is 6.05. The fourth-order valence-electron chi connectivity index (χ4n) is 2.65. The van der Waals surface area contributed by atoms with Crippen LogP contribution in [0.5, 0.6) is 0 Å². The smallest absolute Gasteiger partial charge is 0.195 e. The maximum Gasteiger partial charge on any atom is 0.195 e. The maximum absolute atomic E-state index is 6.05. The van der Waals surface area contributed by atoms with E-state index in [0.29, 0.717) is 0 Å². The molecule has 0 bridgehead atoms. The minimum atomic E-state index is 0.736. The molecule has 0 aliphatic heterocycles. The molecule has 0 N–H and O–H groups in total. The lowest BCUT2D eigenvalue weighted by atomic mass is 10.1. The van der Waals surface area contributed by atoms with Crippen molar-refractivity contribution in [2.24, 2.45) is 4.99 Å². The first kappa shape index (κ1) is 15.9. The number of para-hydroxylation sites is 2. The lowest BCUT2D eigenvalue weighted by molar-refractivity contribution is 1.01. The molecule has 1 heterocycles. The average Bonchev–Trinajstić information content (AvgIpc) is 3.07. The van der Waals surface area contributed by atoms with E-state index in [2.05, 4.69) is 22.1 Å². The average molecular weight is 363 g/mol. The van der Waals surface area contributed by atoms with E-state index in [1.165, 1.54) is 0 Å². The Hall–Kier alpha value is -2.62. The van der Waals surface area contributed by atoms with Gasteiger partial charge in [0.05, 0.1) is 11.4 Å². The van der Waals surface area contributed by atoms with Gasteiger partial charge < -0.3 is 0 Å². The predicted molar refractivity (Wildman–Crippen MR) is 106 cm³/mol. The summed E-state index contributed by atoms with van der Waals surface area (Å²) < 4.78 is 2.18. The lowest BCUT2D eigenvalue weighted by Gasteiger charge is -2.09. The SMILES string of the molecule is Clc1ccc(-c2csc(=Nc3ccccc3)n2-c2ccccc2)cc1. The van der Waals surface area contributed by atoms with Crippen LogP contribution < -0.4 is 4.80 Å². The van der Waals surface area contributed by atoms with Gasteiger partial charge in [0.25, 0.3) is 0 Å². The van der Waals surface area contributed by atoms with Crippen LogP contribution in [0.4, 0.5) is 5.69 Å². The van der Waals surface area contributed by atoms with Gasteiger partial charge in [0.2, 0.25) is 0 Å². The Kier molecular flexibility index (Phi) is 4.51.